The highest BCUT2D eigenvalue weighted by atomic mass is 35.5. The SMILES string of the molecule is Cc1ccccc1CC(=O)N1CCN(c2ncnc3cc(Cl)ccc23)CC1. The number of piperazine rings is 1. The molecule has 0 bridgehead atoms. The van der Waals surface area contributed by atoms with Crippen molar-refractivity contribution in [2.45, 2.75) is 13.3 Å². The van der Waals surface area contributed by atoms with Crippen molar-refractivity contribution in [3.63, 3.8) is 0 Å². The van der Waals surface area contributed by atoms with Crippen LogP contribution in [0.2, 0.25) is 5.02 Å². The summed E-state index contributed by atoms with van der Waals surface area (Å²) in [6, 6.07) is 13.7. The number of benzene rings is 2. The van der Waals surface area contributed by atoms with Gasteiger partial charge in [-0.05, 0) is 36.2 Å². The minimum absolute atomic E-state index is 0.184. The van der Waals surface area contributed by atoms with E-state index in [9.17, 15) is 4.79 Å². The highest BCUT2D eigenvalue weighted by Gasteiger charge is 2.23. The molecule has 0 radical (unpaired) electrons. The van der Waals surface area contributed by atoms with E-state index in [0.29, 0.717) is 24.5 Å². The van der Waals surface area contributed by atoms with Gasteiger partial charge in [-0.15, -0.1) is 0 Å². The van der Waals surface area contributed by atoms with Gasteiger partial charge >= 0.3 is 0 Å². The Balaban J connectivity index is 1.45. The van der Waals surface area contributed by atoms with Crippen LogP contribution < -0.4 is 4.90 Å². The van der Waals surface area contributed by atoms with Gasteiger partial charge in [0.05, 0.1) is 11.9 Å². The summed E-state index contributed by atoms with van der Waals surface area (Å²) in [4.78, 5) is 25.6. The molecule has 4 rings (SSSR count). The number of fused-ring (bicyclic) bond motifs is 1. The molecule has 138 valence electrons. The molecule has 0 unspecified atom stereocenters. The first-order valence-corrected chi connectivity index (χ1v) is 9.47. The summed E-state index contributed by atoms with van der Waals surface area (Å²) < 4.78 is 0. The van der Waals surface area contributed by atoms with E-state index in [2.05, 4.69) is 14.9 Å². The zero-order valence-corrected chi connectivity index (χ0v) is 16.0. The third-order valence-electron chi connectivity index (χ3n) is 5.11. The number of carbonyl (C=O) groups excluding carboxylic acids is 1. The molecule has 0 aliphatic carbocycles. The average molecular weight is 381 g/mol. The first-order chi connectivity index (χ1) is 13.1. The fraction of sp³-hybridized carbons (Fsp3) is 0.286. The lowest BCUT2D eigenvalue weighted by atomic mass is 10.1. The van der Waals surface area contributed by atoms with Gasteiger partial charge in [-0.3, -0.25) is 4.79 Å². The van der Waals surface area contributed by atoms with Gasteiger partial charge < -0.3 is 9.80 Å². The standard InChI is InChI=1S/C21H21ClN4O/c1-15-4-2-3-5-16(15)12-20(27)25-8-10-26(11-9-25)21-18-7-6-17(22)13-19(18)23-14-24-21/h2-7,13-14H,8-12H2,1H3. The number of nitrogens with zero attached hydrogens (tertiary/aromatic N) is 4. The molecule has 1 saturated heterocycles. The van der Waals surface area contributed by atoms with Gasteiger partial charge in [0, 0.05) is 36.6 Å². The molecule has 0 atom stereocenters. The zero-order valence-electron chi connectivity index (χ0n) is 15.2. The smallest absolute Gasteiger partial charge is 0.227 e. The number of rotatable bonds is 3. The predicted molar refractivity (Wildman–Crippen MR) is 108 cm³/mol. The van der Waals surface area contributed by atoms with Crippen molar-refractivity contribution in [2.75, 3.05) is 31.1 Å². The van der Waals surface area contributed by atoms with Gasteiger partial charge in [-0.1, -0.05) is 35.9 Å². The number of anilines is 1. The van der Waals surface area contributed by atoms with Crippen molar-refractivity contribution in [1.82, 2.24) is 14.9 Å². The van der Waals surface area contributed by atoms with Crippen LogP contribution >= 0.6 is 11.6 Å². The second kappa shape index (κ2) is 7.53. The van der Waals surface area contributed by atoms with Crippen molar-refractivity contribution in [3.05, 3.63) is 64.9 Å². The summed E-state index contributed by atoms with van der Waals surface area (Å²) in [5.41, 5.74) is 3.10. The van der Waals surface area contributed by atoms with Crippen LogP contribution in [0.3, 0.4) is 0 Å². The number of halogens is 1. The summed E-state index contributed by atoms with van der Waals surface area (Å²) >= 11 is 6.07. The Kier molecular flexibility index (Phi) is 4.94. The van der Waals surface area contributed by atoms with Crippen LogP contribution in [0.25, 0.3) is 10.9 Å². The van der Waals surface area contributed by atoms with Crippen LogP contribution in [0.15, 0.2) is 48.8 Å². The minimum Gasteiger partial charge on any atom is -0.352 e. The zero-order chi connectivity index (χ0) is 18.8. The summed E-state index contributed by atoms with van der Waals surface area (Å²) in [6.45, 7) is 4.96. The van der Waals surface area contributed by atoms with Crippen LogP contribution in [0, 0.1) is 6.92 Å². The second-order valence-electron chi connectivity index (χ2n) is 6.83. The minimum atomic E-state index is 0.184. The van der Waals surface area contributed by atoms with Gasteiger partial charge in [0.15, 0.2) is 0 Å². The summed E-state index contributed by atoms with van der Waals surface area (Å²) in [5, 5.41) is 1.65. The second-order valence-corrected chi connectivity index (χ2v) is 7.27. The quantitative estimate of drug-likeness (QED) is 0.698. The fourth-order valence-corrected chi connectivity index (χ4v) is 3.69. The van der Waals surface area contributed by atoms with Crippen molar-refractivity contribution < 1.29 is 4.79 Å². The van der Waals surface area contributed by atoms with Crippen molar-refractivity contribution >= 4 is 34.2 Å². The molecule has 6 heteroatoms. The molecule has 1 aliphatic rings. The van der Waals surface area contributed by atoms with E-state index < -0.39 is 0 Å². The van der Waals surface area contributed by atoms with E-state index in [4.69, 9.17) is 11.6 Å². The average Bonchev–Trinajstić information content (AvgIpc) is 2.69. The monoisotopic (exact) mass is 380 g/mol. The lowest BCUT2D eigenvalue weighted by molar-refractivity contribution is -0.130. The van der Waals surface area contributed by atoms with Crippen molar-refractivity contribution in [1.29, 1.82) is 0 Å². The van der Waals surface area contributed by atoms with Crippen LogP contribution in [0.4, 0.5) is 5.82 Å². The van der Waals surface area contributed by atoms with E-state index >= 15 is 0 Å². The first-order valence-electron chi connectivity index (χ1n) is 9.09. The van der Waals surface area contributed by atoms with Gasteiger partial charge in [0.25, 0.3) is 0 Å². The Morgan fingerprint density at radius 3 is 2.63 bits per heavy atom. The molecule has 1 fully saturated rings. The molecule has 2 aromatic carbocycles. The Morgan fingerprint density at radius 1 is 1.07 bits per heavy atom. The molecule has 0 N–H and O–H groups in total. The number of hydrogen-bond acceptors (Lipinski definition) is 4. The molecular formula is C21H21ClN4O. The lowest BCUT2D eigenvalue weighted by Gasteiger charge is -2.36. The van der Waals surface area contributed by atoms with E-state index in [0.717, 1.165) is 40.9 Å². The molecular weight excluding hydrogens is 360 g/mol. The Morgan fingerprint density at radius 2 is 1.85 bits per heavy atom. The van der Waals surface area contributed by atoms with Crippen LogP contribution in [-0.4, -0.2) is 47.0 Å². The van der Waals surface area contributed by atoms with E-state index in [1.807, 2.05) is 54.3 Å². The van der Waals surface area contributed by atoms with E-state index in [1.54, 1.807) is 6.33 Å². The molecule has 2 heterocycles. The highest BCUT2D eigenvalue weighted by Crippen LogP contribution is 2.26. The fourth-order valence-electron chi connectivity index (χ4n) is 3.52. The topological polar surface area (TPSA) is 49.3 Å². The molecule has 1 aliphatic heterocycles. The molecule has 0 spiro atoms. The molecule has 27 heavy (non-hydrogen) atoms. The Labute approximate surface area is 163 Å². The van der Waals surface area contributed by atoms with E-state index in [-0.39, 0.29) is 5.91 Å². The van der Waals surface area contributed by atoms with Crippen molar-refractivity contribution in [3.8, 4) is 0 Å². The maximum atomic E-state index is 12.7. The maximum absolute atomic E-state index is 12.7. The van der Waals surface area contributed by atoms with Gasteiger partial charge in [-0.2, -0.15) is 0 Å². The number of amides is 1. The Bertz CT molecular complexity index is 983. The maximum Gasteiger partial charge on any atom is 0.227 e. The Hall–Kier alpha value is -2.66. The summed E-state index contributed by atoms with van der Waals surface area (Å²) in [6.07, 6.45) is 2.03. The molecule has 5 nitrogen and oxygen atoms in total. The molecule has 3 aromatic rings. The third kappa shape index (κ3) is 3.74. The first kappa shape index (κ1) is 17.7. The lowest BCUT2D eigenvalue weighted by Crippen LogP contribution is -2.49. The third-order valence-corrected chi connectivity index (χ3v) is 5.35. The number of aromatic nitrogens is 2. The molecule has 1 aromatic heterocycles. The van der Waals surface area contributed by atoms with Crippen LogP contribution in [0.1, 0.15) is 11.1 Å². The van der Waals surface area contributed by atoms with Crippen LogP contribution in [0.5, 0.6) is 0 Å². The van der Waals surface area contributed by atoms with Crippen LogP contribution in [-0.2, 0) is 11.2 Å². The number of aryl methyl sites for hydroxylation is 1. The number of carbonyl (C=O) groups is 1. The number of hydrogen-bond donors (Lipinski definition) is 0. The predicted octanol–water partition coefficient (Wildman–Crippen LogP) is 3.48. The summed E-state index contributed by atoms with van der Waals surface area (Å²) in [7, 11) is 0. The highest BCUT2D eigenvalue weighted by molar-refractivity contribution is 6.31. The molecule has 0 saturated carbocycles. The van der Waals surface area contributed by atoms with Gasteiger partial charge in [0.1, 0.15) is 12.1 Å². The van der Waals surface area contributed by atoms with Crippen molar-refractivity contribution in [2.24, 2.45) is 0 Å². The van der Waals surface area contributed by atoms with Gasteiger partial charge in [-0.25, -0.2) is 9.97 Å². The normalized spacial score (nSPS) is 14.6. The van der Waals surface area contributed by atoms with E-state index in [1.165, 1.54) is 0 Å². The summed E-state index contributed by atoms with van der Waals surface area (Å²) in [5.74, 6) is 1.09. The largest absolute Gasteiger partial charge is 0.352 e. The molecule has 1 amide bonds. The van der Waals surface area contributed by atoms with Gasteiger partial charge in [0.2, 0.25) is 5.91 Å².